The first-order chi connectivity index (χ1) is 13.0. The fraction of sp³-hybridized carbons (Fsp3) is 0.167. The van der Waals surface area contributed by atoms with Gasteiger partial charge in [-0.2, -0.15) is 4.37 Å². The second kappa shape index (κ2) is 7.09. The molecule has 2 atom stereocenters. The number of hydrogen-bond donors (Lipinski definition) is 1. The van der Waals surface area contributed by atoms with Crippen molar-refractivity contribution in [2.24, 2.45) is 0 Å². The zero-order chi connectivity index (χ0) is 19.0. The van der Waals surface area contributed by atoms with E-state index in [1.165, 1.54) is 6.33 Å². The molecule has 27 heavy (non-hydrogen) atoms. The first kappa shape index (κ1) is 17.6. The Balaban J connectivity index is 1.76. The van der Waals surface area contributed by atoms with Gasteiger partial charge in [-0.1, -0.05) is 30.3 Å². The van der Waals surface area contributed by atoms with Crippen LogP contribution in [-0.2, 0) is 11.0 Å². The van der Waals surface area contributed by atoms with Crippen molar-refractivity contribution in [2.45, 2.75) is 24.8 Å². The summed E-state index contributed by atoms with van der Waals surface area (Å²) >= 11 is 1.12. The van der Waals surface area contributed by atoms with Crippen LogP contribution in [0.2, 0.25) is 0 Å². The number of oxazole rings is 1. The number of benzene rings is 2. The summed E-state index contributed by atoms with van der Waals surface area (Å²) in [7, 11) is -1.54. The topological polar surface area (TPSA) is 90.0 Å². The first-order valence-corrected chi connectivity index (χ1v) is 10.1. The van der Waals surface area contributed by atoms with Gasteiger partial charge in [0.1, 0.15) is 6.33 Å². The molecule has 0 aliphatic heterocycles. The maximum Gasteiger partial charge on any atom is 0.420 e. The molecule has 0 fully saturated rings. The molecular formula is C18H16N4O3S2. The number of anilines is 1. The SMILES string of the molecule is Cc1cc2c(cc1S(=O)Nc1ncns1)oc(=O)n2[C@H](C)c1ccccc1. The highest BCUT2D eigenvalue weighted by atomic mass is 32.2. The van der Waals surface area contributed by atoms with Crippen molar-refractivity contribution in [1.29, 1.82) is 0 Å². The zero-order valence-electron chi connectivity index (χ0n) is 14.6. The van der Waals surface area contributed by atoms with Crippen LogP contribution in [0.15, 0.2) is 62.9 Å². The Morgan fingerprint density at radius 1 is 1.26 bits per heavy atom. The molecule has 2 aromatic carbocycles. The average Bonchev–Trinajstić information content (AvgIpc) is 3.28. The van der Waals surface area contributed by atoms with Crippen LogP contribution in [-0.4, -0.2) is 18.1 Å². The minimum atomic E-state index is -1.54. The van der Waals surface area contributed by atoms with Crippen LogP contribution < -0.4 is 10.5 Å². The molecule has 9 heteroatoms. The smallest absolute Gasteiger partial charge is 0.408 e. The minimum absolute atomic E-state index is 0.185. The highest BCUT2D eigenvalue weighted by Gasteiger charge is 2.19. The van der Waals surface area contributed by atoms with E-state index in [1.54, 1.807) is 10.6 Å². The van der Waals surface area contributed by atoms with Crippen LogP contribution in [0.4, 0.5) is 5.13 Å². The molecule has 2 aromatic heterocycles. The quantitative estimate of drug-likeness (QED) is 0.554. The lowest BCUT2D eigenvalue weighted by molar-refractivity contribution is 0.489. The molecule has 0 radical (unpaired) electrons. The number of nitrogens with zero attached hydrogens (tertiary/aromatic N) is 3. The molecule has 0 amide bonds. The van der Waals surface area contributed by atoms with Gasteiger partial charge in [0.05, 0.1) is 16.5 Å². The van der Waals surface area contributed by atoms with Crippen molar-refractivity contribution < 1.29 is 8.63 Å². The fourth-order valence-corrected chi connectivity index (χ4v) is 4.52. The summed E-state index contributed by atoms with van der Waals surface area (Å²) in [6, 6.07) is 13.0. The molecule has 1 N–H and O–H groups in total. The Hall–Kier alpha value is -2.78. The number of rotatable bonds is 5. The molecule has 0 bridgehead atoms. The number of aryl methyl sites for hydroxylation is 1. The van der Waals surface area contributed by atoms with Gasteiger partial charge in [-0.15, -0.1) is 0 Å². The Morgan fingerprint density at radius 2 is 2.04 bits per heavy atom. The van der Waals surface area contributed by atoms with Crippen molar-refractivity contribution >= 4 is 38.7 Å². The van der Waals surface area contributed by atoms with Crippen molar-refractivity contribution in [3.05, 3.63) is 70.5 Å². The van der Waals surface area contributed by atoms with E-state index in [9.17, 15) is 9.00 Å². The van der Waals surface area contributed by atoms with E-state index in [1.807, 2.05) is 50.2 Å². The summed E-state index contributed by atoms with van der Waals surface area (Å²) in [5.41, 5.74) is 2.86. The fourth-order valence-electron chi connectivity index (χ4n) is 2.97. The van der Waals surface area contributed by atoms with E-state index in [0.29, 0.717) is 21.1 Å². The molecule has 0 saturated heterocycles. The van der Waals surface area contributed by atoms with Gasteiger partial charge in [-0.05, 0) is 31.0 Å². The van der Waals surface area contributed by atoms with E-state index in [2.05, 4.69) is 14.1 Å². The van der Waals surface area contributed by atoms with Crippen LogP contribution in [0.25, 0.3) is 11.1 Å². The standard InChI is InChI=1S/C18H16N4O3S2/c1-11-8-14-15(9-16(11)27(24)21-17-19-10-20-26-17)25-18(23)22(14)12(2)13-6-4-3-5-7-13/h3-10,12H,1-2H3,(H,19,20,21)/t12-,27?/m1/s1. The summed E-state index contributed by atoms with van der Waals surface area (Å²) in [6.45, 7) is 3.80. The molecule has 0 spiro atoms. The maximum atomic E-state index is 12.6. The third-order valence-corrected chi connectivity index (χ3v) is 6.25. The lowest BCUT2D eigenvalue weighted by Crippen LogP contribution is -2.19. The Bertz CT molecular complexity index is 1170. The van der Waals surface area contributed by atoms with Gasteiger partial charge in [-0.3, -0.25) is 9.29 Å². The average molecular weight is 400 g/mol. The molecule has 0 aliphatic rings. The van der Waals surface area contributed by atoms with Gasteiger partial charge >= 0.3 is 5.76 Å². The monoisotopic (exact) mass is 400 g/mol. The number of aromatic nitrogens is 3. The summed E-state index contributed by atoms with van der Waals surface area (Å²) in [4.78, 5) is 17.0. The van der Waals surface area contributed by atoms with Crippen LogP contribution in [0, 0.1) is 6.92 Å². The van der Waals surface area contributed by atoms with E-state index in [4.69, 9.17) is 4.42 Å². The number of fused-ring (bicyclic) bond motifs is 1. The number of nitrogens with one attached hydrogen (secondary N) is 1. The van der Waals surface area contributed by atoms with E-state index >= 15 is 0 Å². The summed E-state index contributed by atoms with van der Waals surface area (Å²) in [6.07, 6.45) is 1.39. The summed E-state index contributed by atoms with van der Waals surface area (Å²) in [5, 5.41) is 0.463. The Kier molecular flexibility index (Phi) is 4.63. The van der Waals surface area contributed by atoms with Crippen LogP contribution in [0.1, 0.15) is 24.1 Å². The molecule has 2 heterocycles. The van der Waals surface area contributed by atoms with Crippen molar-refractivity contribution in [3.63, 3.8) is 0 Å². The Labute approximate surface area is 161 Å². The highest BCUT2D eigenvalue weighted by Crippen LogP contribution is 2.27. The van der Waals surface area contributed by atoms with Gasteiger partial charge in [0.2, 0.25) is 5.13 Å². The Morgan fingerprint density at radius 3 is 2.74 bits per heavy atom. The normalized spacial score (nSPS) is 13.6. The molecule has 138 valence electrons. The van der Waals surface area contributed by atoms with E-state index in [-0.39, 0.29) is 6.04 Å². The molecular weight excluding hydrogens is 384 g/mol. The van der Waals surface area contributed by atoms with Crippen LogP contribution in [0.3, 0.4) is 0 Å². The largest absolute Gasteiger partial charge is 0.420 e. The van der Waals surface area contributed by atoms with Crippen molar-refractivity contribution in [1.82, 2.24) is 13.9 Å². The predicted octanol–water partition coefficient (Wildman–Crippen LogP) is 3.50. The highest BCUT2D eigenvalue weighted by molar-refractivity contribution is 7.86. The van der Waals surface area contributed by atoms with Crippen LogP contribution >= 0.6 is 11.5 Å². The second-order valence-electron chi connectivity index (χ2n) is 6.03. The summed E-state index contributed by atoms with van der Waals surface area (Å²) in [5.74, 6) is -0.444. The van der Waals surface area contributed by atoms with Gasteiger partial charge in [0.25, 0.3) is 0 Å². The van der Waals surface area contributed by atoms with E-state index < -0.39 is 16.7 Å². The van der Waals surface area contributed by atoms with E-state index in [0.717, 1.165) is 22.7 Å². The molecule has 0 aliphatic carbocycles. The third-order valence-electron chi connectivity index (χ3n) is 4.32. The first-order valence-electron chi connectivity index (χ1n) is 8.20. The zero-order valence-corrected chi connectivity index (χ0v) is 16.2. The molecule has 1 unspecified atom stereocenters. The third kappa shape index (κ3) is 3.31. The van der Waals surface area contributed by atoms with Gasteiger partial charge in [0.15, 0.2) is 16.6 Å². The lowest BCUT2D eigenvalue weighted by atomic mass is 10.1. The molecule has 0 saturated carbocycles. The number of hydrogen-bond acceptors (Lipinski definition) is 6. The summed E-state index contributed by atoms with van der Waals surface area (Å²) < 4.78 is 26.4. The van der Waals surface area contributed by atoms with Gasteiger partial charge < -0.3 is 4.42 Å². The van der Waals surface area contributed by atoms with Crippen molar-refractivity contribution in [2.75, 3.05) is 4.72 Å². The van der Waals surface area contributed by atoms with Crippen LogP contribution in [0.5, 0.6) is 0 Å². The molecule has 4 rings (SSSR count). The van der Waals surface area contributed by atoms with Gasteiger partial charge in [0, 0.05) is 17.6 Å². The van der Waals surface area contributed by atoms with Gasteiger partial charge in [-0.25, -0.2) is 14.0 Å². The lowest BCUT2D eigenvalue weighted by Gasteiger charge is -2.13. The molecule has 7 nitrogen and oxygen atoms in total. The molecule has 4 aromatic rings. The minimum Gasteiger partial charge on any atom is -0.408 e. The second-order valence-corrected chi connectivity index (χ2v) is 7.99. The maximum absolute atomic E-state index is 12.6. The predicted molar refractivity (Wildman–Crippen MR) is 105 cm³/mol. The van der Waals surface area contributed by atoms with Crippen molar-refractivity contribution in [3.8, 4) is 0 Å².